The Balaban J connectivity index is 1.48. The van der Waals surface area contributed by atoms with E-state index in [4.69, 9.17) is 0 Å². The van der Waals surface area contributed by atoms with Crippen molar-refractivity contribution >= 4 is 34.7 Å². The molecule has 41 heavy (non-hydrogen) atoms. The van der Waals surface area contributed by atoms with Gasteiger partial charge >= 0.3 is 12.4 Å². The van der Waals surface area contributed by atoms with Gasteiger partial charge in [0.2, 0.25) is 0 Å². The fourth-order valence-corrected chi connectivity index (χ4v) is 4.09. The number of pyridine rings is 1. The second-order valence-corrected chi connectivity index (χ2v) is 9.61. The number of aromatic nitrogens is 3. The number of ether oxygens (including phenoxy) is 1. The molecule has 0 saturated carbocycles. The van der Waals surface area contributed by atoms with Crippen LogP contribution in [0.2, 0.25) is 0 Å². The third kappa shape index (κ3) is 7.38. The lowest BCUT2D eigenvalue weighted by atomic mass is 10.0. The number of hydrogen-bond donors (Lipinski definition) is 3. The first kappa shape index (κ1) is 29.1. The predicted molar refractivity (Wildman–Crippen MR) is 146 cm³/mol. The smallest absolute Gasteiger partial charge is 0.404 e. The van der Waals surface area contributed by atoms with Crippen LogP contribution in [0, 0.1) is 5.92 Å². The second kappa shape index (κ2) is 12.1. The van der Waals surface area contributed by atoms with Gasteiger partial charge in [0.15, 0.2) is 23.0 Å². The summed E-state index contributed by atoms with van der Waals surface area (Å²) in [6, 6.07) is 13.5. The van der Waals surface area contributed by atoms with Crippen LogP contribution in [0.5, 0.6) is 5.75 Å². The number of nitrogens with zero attached hydrogens (tertiary/aromatic N) is 3. The van der Waals surface area contributed by atoms with E-state index in [-0.39, 0.29) is 23.0 Å². The van der Waals surface area contributed by atoms with E-state index in [1.807, 2.05) is 13.8 Å². The van der Waals surface area contributed by atoms with Crippen molar-refractivity contribution < 1.29 is 32.3 Å². The first-order valence-corrected chi connectivity index (χ1v) is 12.6. The van der Waals surface area contributed by atoms with Crippen LogP contribution in [0.1, 0.15) is 37.6 Å². The SMILES string of the molecule is CC(=O)[C@H](CC(C)C)NC(=O)c1cccn2c(-c3ccc(NC(=O)Nc4ccccc4OC(F)(F)F)cc3)nnc12. The van der Waals surface area contributed by atoms with E-state index in [1.165, 1.54) is 25.1 Å². The van der Waals surface area contributed by atoms with Crippen LogP contribution in [0.3, 0.4) is 0 Å². The zero-order chi connectivity index (χ0) is 29.7. The van der Waals surface area contributed by atoms with Gasteiger partial charge in [-0.1, -0.05) is 26.0 Å². The Morgan fingerprint density at radius 1 is 0.951 bits per heavy atom. The molecule has 10 nitrogen and oxygen atoms in total. The molecule has 0 aliphatic heterocycles. The average Bonchev–Trinajstić information content (AvgIpc) is 3.33. The van der Waals surface area contributed by atoms with E-state index in [0.29, 0.717) is 29.1 Å². The highest BCUT2D eigenvalue weighted by molar-refractivity contribution is 6.02. The standard InChI is InChI=1S/C28H27F3N6O4/c1-16(2)15-22(17(3)38)33-26(39)20-7-6-14-37-24(35-36-25(20)37)18-10-12-19(13-11-18)32-27(40)34-21-8-4-5-9-23(21)41-28(29,30)31/h4-14,16,22H,15H2,1-3H3,(H,33,39)(H2,32,34,40)/t22-/m0/s1. The second-order valence-electron chi connectivity index (χ2n) is 9.61. The normalized spacial score (nSPS) is 12.2. The number of anilines is 2. The molecule has 3 N–H and O–H groups in total. The zero-order valence-electron chi connectivity index (χ0n) is 22.3. The van der Waals surface area contributed by atoms with Gasteiger partial charge in [0.05, 0.1) is 17.3 Å². The van der Waals surface area contributed by atoms with Crippen LogP contribution in [0.4, 0.5) is 29.3 Å². The molecule has 0 bridgehead atoms. The van der Waals surface area contributed by atoms with Gasteiger partial charge in [-0.15, -0.1) is 23.4 Å². The van der Waals surface area contributed by atoms with Crippen LogP contribution in [-0.4, -0.2) is 44.7 Å². The fourth-order valence-electron chi connectivity index (χ4n) is 4.09. The number of rotatable bonds is 9. The maximum absolute atomic E-state index is 13.0. The van der Waals surface area contributed by atoms with Crippen LogP contribution >= 0.6 is 0 Å². The van der Waals surface area contributed by atoms with Gasteiger partial charge in [0.1, 0.15) is 0 Å². The van der Waals surface area contributed by atoms with E-state index in [0.717, 1.165) is 6.07 Å². The lowest BCUT2D eigenvalue weighted by molar-refractivity contribution is -0.274. The van der Waals surface area contributed by atoms with Crippen molar-refractivity contribution in [2.45, 2.75) is 39.6 Å². The molecule has 2 heterocycles. The highest BCUT2D eigenvalue weighted by Gasteiger charge is 2.32. The average molecular weight is 569 g/mol. The van der Waals surface area contributed by atoms with Crippen molar-refractivity contribution in [2.24, 2.45) is 5.92 Å². The predicted octanol–water partition coefficient (Wildman–Crippen LogP) is 5.67. The number of carbonyl (C=O) groups is 3. The van der Waals surface area contributed by atoms with Gasteiger partial charge in [-0.05, 0) is 67.8 Å². The molecule has 0 spiro atoms. The highest BCUT2D eigenvalue weighted by atomic mass is 19.4. The lowest BCUT2D eigenvalue weighted by Gasteiger charge is -2.18. The molecule has 1 atom stereocenters. The Hall–Kier alpha value is -4.94. The molecule has 2 aromatic heterocycles. The van der Waals surface area contributed by atoms with Crippen molar-refractivity contribution in [3.05, 3.63) is 72.4 Å². The molecule has 4 aromatic rings. The number of nitrogens with one attached hydrogen (secondary N) is 3. The van der Waals surface area contributed by atoms with E-state index in [1.54, 1.807) is 47.0 Å². The van der Waals surface area contributed by atoms with Crippen molar-refractivity contribution in [1.29, 1.82) is 0 Å². The van der Waals surface area contributed by atoms with Crippen molar-refractivity contribution in [2.75, 3.05) is 10.6 Å². The number of alkyl halides is 3. The number of Topliss-reactive ketones (excluding diaryl/α,β-unsaturated/α-hetero) is 1. The number of urea groups is 1. The Bertz CT molecular complexity index is 1570. The molecule has 0 unspecified atom stereocenters. The van der Waals surface area contributed by atoms with Crippen molar-refractivity contribution in [3.63, 3.8) is 0 Å². The number of halogens is 3. The Morgan fingerprint density at radius 2 is 1.66 bits per heavy atom. The summed E-state index contributed by atoms with van der Waals surface area (Å²) in [5, 5.41) is 16.1. The molecule has 0 aliphatic carbocycles. The van der Waals surface area contributed by atoms with E-state index in [2.05, 4.69) is 30.9 Å². The molecule has 0 fully saturated rings. The van der Waals surface area contributed by atoms with E-state index in [9.17, 15) is 27.6 Å². The quantitative estimate of drug-likeness (QED) is 0.239. The molecule has 214 valence electrons. The monoisotopic (exact) mass is 568 g/mol. The topological polar surface area (TPSA) is 127 Å². The van der Waals surface area contributed by atoms with Gasteiger partial charge in [0, 0.05) is 17.4 Å². The van der Waals surface area contributed by atoms with Gasteiger partial charge in [-0.25, -0.2) is 4.79 Å². The van der Waals surface area contributed by atoms with Gasteiger partial charge in [-0.2, -0.15) is 0 Å². The minimum atomic E-state index is -4.91. The number of benzene rings is 2. The first-order chi connectivity index (χ1) is 19.4. The summed E-state index contributed by atoms with van der Waals surface area (Å²) >= 11 is 0. The third-order valence-electron chi connectivity index (χ3n) is 5.94. The largest absolute Gasteiger partial charge is 0.573 e. The molecule has 3 amide bonds. The number of hydrogen-bond acceptors (Lipinski definition) is 6. The number of fused-ring (bicyclic) bond motifs is 1. The van der Waals surface area contributed by atoms with Crippen molar-refractivity contribution in [1.82, 2.24) is 19.9 Å². The molecule has 13 heteroatoms. The first-order valence-electron chi connectivity index (χ1n) is 12.6. The number of ketones is 1. The van der Waals surface area contributed by atoms with Crippen LogP contribution in [0.15, 0.2) is 66.9 Å². The molecule has 0 aliphatic rings. The number of carbonyl (C=O) groups excluding carboxylic acids is 3. The molecule has 0 saturated heterocycles. The number of para-hydroxylation sites is 2. The van der Waals surface area contributed by atoms with Gasteiger partial charge in [-0.3, -0.25) is 14.0 Å². The molecular formula is C28H27F3N6O4. The summed E-state index contributed by atoms with van der Waals surface area (Å²) in [6.07, 6.45) is -2.71. The molecule has 2 aromatic carbocycles. The molecular weight excluding hydrogens is 541 g/mol. The van der Waals surface area contributed by atoms with Crippen molar-refractivity contribution in [3.8, 4) is 17.1 Å². The van der Waals surface area contributed by atoms with E-state index >= 15 is 0 Å². The Labute approximate surface area is 232 Å². The summed E-state index contributed by atoms with van der Waals surface area (Å²) < 4.78 is 43.5. The zero-order valence-corrected chi connectivity index (χ0v) is 22.3. The summed E-state index contributed by atoms with van der Waals surface area (Å²) in [6.45, 7) is 5.37. The van der Waals surface area contributed by atoms with Gasteiger partial charge < -0.3 is 20.7 Å². The number of amides is 3. The molecule has 0 radical (unpaired) electrons. The summed E-state index contributed by atoms with van der Waals surface area (Å²) in [7, 11) is 0. The fraction of sp³-hybridized carbons (Fsp3) is 0.250. The Morgan fingerprint density at radius 3 is 2.32 bits per heavy atom. The maximum atomic E-state index is 13.0. The Kier molecular flexibility index (Phi) is 8.55. The highest BCUT2D eigenvalue weighted by Crippen LogP contribution is 2.30. The maximum Gasteiger partial charge on any atom is 0.573 e. The lowest BCUT2D eigenvalue weighted by Crippen LogP contribution is -2.40. The van der Waals surface area contributed by atoms with Crippen LogP contribution < -0.4 is 20.7 Å². The van der Waals surface area contributed by atoms with Crippen LogP contribution in [0.25, 0.3) is 17.0 Å². The molecule has 4 rings (SSSR count). The summed E-state index contributed by atoms with van der Waals surface area (Å²) in [5.41, 5.74) is 1.37. The summed E-state index contributed by atoms with van der Waals surface area (Å²) in [4.78, 5) is 37.5. The van der Waals surface area contributed by atoms with Crippen LogP contribution in [-0.2, 0) is 4.79 Å². The third-order valence-corrected chi connectivity index (χ3v) is 5.94. The minimum Gasteiger partial charge on any atom is -0.404 e. The van der Waals surface area contributed by atoms with Gasteiger partial charge in [0.25, 0.3) is 5.91 Å². The summed E-state index contributed by atoms with van der Waals surface area (Å²) in [5.74, 6) is -0.490. The van der Waals surface area contributed by atoms with E-state index < -0.39 is 30.1 Å². The minimum absolute atomic E-state index is 0.137.